The quantitative estimate of drug-likeness (QED) is 0.508. The van der Waals surface area contributed by atoms with Crippen molar-refractivity contribution in [3.05, 3.63) is 31.5 Å². The van der Waals surface area contributed by atoms with E-state index in [1.54, 1.807) is 6.07 Å². The van der Waals surface area contributed by atoms with Gasteiger partial charge in [0.15, 0.2) is 0 Å². The Bertz CT molecular complexity index is 528. The standard InChI is InChI=1S/C7H8N4O3/c1-9-5(12)10(2)7(14)11(4-3-8)6(9)13/h4H2,1-2H3. The van der Waals surface area contributed by atoms with Crippen molar-refractivity contribution in [3.63, 3.8) is 0 Å². The zero-order valence-electron chi connectivity index (χ0n) is 7.72. The molecule has 0 bridgehead atoms. The SMILES string of the molecule is Cn1c(=O)n(C)c(=O)n(CC#N)c1=O. The first-order chi connectivity index (χ1) is 6.50. The summed E-state index contributed by atoms with van der Waals surface area (Å²) in [5.74, 6) is 0. The van der Waals surface area contributed by atoms with Gasteiger partial charge in [-0.3, -0.25) is 0 Å². The van der Waals surface area contributed by atoms with Crippen molar-refractivity contribution in [2.24, 2.45) is 14.1 Å². The molecule has 1 heterocycles. The maximum atomic E-state index is 11.3. The zero-order valence-corrected chi connectivity index (χ0v) is 7.72. The second-order valence-corrected chi connectivity index (χ2v) is 2.71. The monoisotopic (exact) mass is 196 g/mol. The lowest BCUT2D eigenvalue weighted by Crippen LogP contribution is -2.52. The Hall–Kier alpha value is -2.10. The minimum absolute atomic E-state index is 0.361. The van der Waals surface area contributed by atoms with E-state index >= 15 is 0 Å². The maximum absolute atomic E-state index is 11.3. The van der Waals surface area contributed by atoms with Gasteiger partial charge in [0.2, 0.25) is 0 Å². The maximum Gasteiger partial charge on any atom is 0.336 e. The molecule has 74 valence electrons. The Kier molecular flexibility index (Phi) is 2.38. The van der Waals surface area contributed by atoms with Crippen LogP contribution in [0.1, 0.15) is 0 Å². The molecular weight excluding hydrogens is 188 g/mol. The van der Waals surface area contributed by atoms with Crippen LogP contribution in [0.3, 0.4) is 0 Å². The van der Waals surface area contributed by atoms with E-state index in [1.165, 1.54) is 14.1 Å². The van der Waals surface area contributed by atoms with Crippen molar-refractivity contribution in [3.8, 4) is 6.07 Å². The molecule has 0 saturated carbocycles. The first-order valence-corrected chi connectivity index (χ1v) is 3.74. The molecule has 7 nitrogen and oxygen atoms in total. The van der Waals surface area contributed by atoms with Crippen molar-refractivity contribution in [2.75, 3.05) is 0 Å². The highest BCUT2D eigenvalue weighted by atomic mass is 16.2. The predicted octanol–water partition coefficient (Wildman–Crippen LogP) is -2.23. The van der Waals surface area contributed by atoms with Gasteiger partial charge in [0.1, 0.15) is 6.54 Å². The van der Waals surface area contributed by atoms with Crippen LogP contribution in [-0.4, -0.2) is 13.7 Å². The number of aromatic nitrogens is 3. The van der Waals surface area contributed by atoms with Crippen molar-refractivity contribution in [1.82, 2.24) is 13.7 Å². The molecule has 14 heavy (non-hydrogen) atoms. The van der Waals surface area contributed by atoms with Gasteiger partial charge in [-0.15, -0.1) is 0 Å². The molecule has 0 aromatic carbocycles. The van der Waals surface area contributed by atoms with Crippen molar-refractivity contribution < 1.29 is 0 Å². The smallest absolute Gasteiger partial charge is 0.248 e. The summed E-state index contributed by atoms with van der Waals surface area (Å²) in [7, 11) is 2.50. The van der Waals surface area contributed by atoms with Crippen LogP contribution in [0.4, 0.5) is 0 Å². The van der Waals surface area contributed by atoms with Crippen molar-refractivity contribution >= 4 is 0 Å². The average molecular weight is 196 g/mol. The molecule has 1 aromatic heterocycles. The van der Waals surface area contributed by atoms with Gasteiger partial charge in [-0.25, -0.2) is 28.1 Å². The van der Waals surface area contributed by atoms with Crippen LogP contribution < -0.4 is 17.1 Å². The highest BCUT2D eigenvalue weighted by Crippen LogP contribution is 1.67. The summed E-state index contributed by atoms with van der Waals surface area (Å²) in [6.45, 7) is -0.361. The molecule has 0 aliphatic carbocycles. The number of nitrogens with zero attached hydrogens (tertiary/aromatic N) is 4. The summed E-state index contributed by atoms with van der Waals surface area (Å²) in [5, 5.41) is 8.37. The van der Waals surface area contributed by atoms with E-state index in [0.717, 1.165) is 9.13 Å². The van der Waals surface area contributed by atoms with Crippen molar-refractivity contribution in [2.45, 2.75) is 6.54 Å². The van der Waals surface area contributed by atoms with Crippen molar-refractivity contribution in [1.29, 1.82) is 5.26 Å². The molecule has 1 rings (SSSR count). The minimum Gasteiger partial charge on any atom is -0.248 e. The number of hydrogen-bond donors (Lipinski definition) is 0. The number of rotatable bonds is 1. The summed E-state index contributed by atoms with van der Waals surface area (Å²) >= 11 is 0. The molecule has 0 spiro atoms. The molecule has 0 aliphatic heterocycles. The molecule has 0 aliphatic rings. The topological polar surface area (TPSA) is 89.8 Å². The van der Waals surface area contributed by atoms with Crippen LogP contribution in [0.15, 0.2) is 14.4 Å². The van der Waals surface area contributed by atoms with Crippen LogP contribution in [-0.2, 0) is 20.6 Å². The Labute approximate surface area is 78.1 Å². The molecule has 0 unspecified atom stereocenters. The van der Waals surface area contributed by atoms with Gasteiger partial charge >= 0.3 is 17.1 Å². The Morgan fingerprint density at radius 1 is 1.07 bits per heavy atom. The molecule has 1 aromatic rings. The molecule has 0 amide bonds. The first-order valence-electron chi connectivity index (χ1n) is 3.74. The van der Waals surface area contributed by atoms with Crippen LogP contribution in [0.5, 0.6) is 0 Å². The fourth-order valence-electron chi connectivity index (χ4n) is 1.04. The molecule has 0 atom stereocenters. The van der Waals surface area contributed by atoms with E-state index in [1.807, 2.05) is 0 Å². The van der Waals surface area contributed by atoms with E-state index < -0.39 is 17.1 Å². The van der Waals surface area contributed by atoms with Crippen LogP contribution >= 0.6 is 0 Å². The fraction of sp³-hybridized carbons (Fsp3) is 0.429. The highest BCUT2D eigenvalue weighted by molar-refractivity contribution is 4.81. The third kappa shape index (κ3) is 1.26. The summed E-state index contributed by atoms with van der Waals surface area (Å²) in [5.41, 5.74) is -2.26. The minimum atomic E-state index is -0.778. The van der Waals surface area contributed by atoms with E-state index in [9.17, 15) is 14.4 Å². The van der Waals surface area contributed by atoms with Gasteiger partial charge in [0, 0.05) is 14.1 Å². The third-order valence-corrected chi connectivity index (χ3v) is 1.84. The van der Waals surface area contributed by atoms with Crippen LogP contribution in [0, 0.1) is 11.3 Å². The lowest BCUT2D eigenvalue weighted by Gasteiger charge is -2.04. The van der Waals surface area contributed by atoms with E-state index in [2.05, 4.69) is 0 Å². The fourth-order valence-corrected chi connectivity index (χ4v) is 1.04. The molecule has 0 radical (unpaired) electrons. The Morgan fingerprint density at radius 3 is 1.86 bits per heavy atom. The summed E-state index contributed by atoms with van der Waals surface area (Å²) < 4.78 is 2.25. The van der Waals surface area contributed by atoms with Gasteiger partial charge in [-0.05, 0) is 0 Å². The lowest BCUT2D eigenvalue weighted by atomic mass is 10.7. The summed E-state index contributed by atoms with van der Waals surface area (Å²) in [4.78, 5) is 33.8. The molecule has 0 N–H and O–H groups in total. The summed E-state index contributed by atoms with van der Waals surface area (Å²) in [6.07, 6.45) is 0. The van der Waals surface area contributed by atoms with Gasteiger partial charge in [-0.2, -0.15) is 5.26 Å². The van der Waals surface area contributed by atoms with Gasteiger partial charge < -0.3 is 0 Å². The predicted molar refractivity (Wildman–Crippen MR) is 46.8 cm³/mol. The van der Waals surface area contributed by atoms with E-state index in [4.69, 9.17) is 5.26 Å². The summed E-state index contributed by atoms with van der Waals surface area (Å²) in [6, 6.07) is 1.67. The molecule has 7 heteroatoms. The molecular formula is C7H8N4O3. The Morgan fingerprint density at radius 2 is 1.50 bits per heavy atom. The lowest BCUT2D eigenvalue weighted by molar-refractivity contribution is 0.535. The second-order valence-electron chi connectivity index (χ2n) is 2.71. The Balaban J connectivity index is 3.81. The van der Waals surface area contributed by atoms with Gasteiger partial charge in [0.05, 0.1) is 6.07 Å². The molecule has 0 saturated heterocycles. The molecule has 0 fully saturated rings. The van der Waals surface area contributed by atoms with Gasteiger partial charge in [-0.1, -0.05) is 0 Å². The zero-order chi connectivity index (χ0) is 10.9. The van der Waals surface area contributed by atoms with Gasteiger partial charge in [0.25, 0.3) is 0 Å². The van der Waals surface area contributed by atoms with E-state index in [0.29, 0.717) is 4.57 Å². The van der Waals surface area contributed by atoms with Crippen LogP contribution in [0.2, 0.25) is 0 Å². The highest BCUT2D eigenvalue weighted by Gasteiger charge is 2.08. The second kappa shape index (κ2) is 3.33. The third-order valence-electron chi connectivity index (χ3n) is 1.84. The normalized spacial score (nSPS) is 9.79. The average Bonchev–Trinajstić information content (AvgIpc) is 2.19. The number of nitriles is 1. The van der Waals surface area contributed by atoms with Crippen LogP contribution in [0.25, 0.3) is 0 Å². The first kappa shape index (κ1) is 9.98. The number of hydrogen-bond acceptors (Lipinski definition) is 4. The van der Waals surface area contributed by atoms with E-state index in [-0.39, 0.29) is 6.54 Å². The largest absolute Gasteiger partial charge is 0.336 e.